The summed E-state index contributed by atoms with van der Waals surface area (Å²) in [6.07, 6.45) is 4.15. The second kappa shape index (κ2) is 5.29. The Hall–Kier alpha value is -1.40. The average molecular weight is 236 g/mol. The number of nitrogens with zero attached hydrogens (tertiary/aromatic N) is 3. The number of aromatic nitrogens is 2. The second-order valence-corrected chi connectivity index (χ2v) is 4.56. The van der Waals surface area contributed by atoms with Crippen LogP contribution in [-0.2, 0) is 0 Å². The number of nitrogens with one attached hydrogen (secondary N) is 2. The molecule has 4 N–H and O–H groups in total. The van der Waals surface area contributed by atoms with Crippen molar-refractivity contribution in [3.05, 3.63) is 12.4 Å². The van der Waals surface area contributed by atoms with Crippen LogP contribution >= 0.6 is 0 Å². The van der Waals surface area contributed by atoms with Crippen LogP contribution in [0.1, 0.15) is 19.8 Å². The van der Waals surface area contributed by atoms with Gasteiger partial charge in [0.15, 0.2) is 0 Å². The predicted molar refractivity (Wildman–Crippen MR) is 68.6 cm³/mol. The Kier molecular flexibility index (Phi) is 3.75. The maximum absolute atomic E-state index is 5.29. The Morgan fingerprint density at radius 2 is 2.18 bits per heavy atom. The van der Waals surface area contributed by atoms with Gasteiger partial charge < -0.3 is 10.7 Å². The van der Waals surface area contributed by atoms with Gasteiger partial charge in [-0.3, -0.25) is 4.90 Å². The molecule has 0 radical (unpaired) electrons. The van der Waals surface area contributed by atoms with E-state index in [2.05, 4.69) is 39.6 Å². The zero-order chi connectivity index (χ0) is 12.3. The minimum absolute atomic E-state index is 0.492. The first-order chi connectivity index (χ1) is 8.20. The zero-order valence-electron chi connectivity index (χ0n) is 10.3. The van der Waals surface area contributed by atoms with Gasteiger partial charge in [0.1, 0.15) is 18.0 Å². The number of likely N-dealkylation sites (N-methyl/N-ethyl adjacent to an activating group) is 1. The van der Waals surface area contributed by atoms with Crippen LogP contribution in [0.2, 0.25) is 0 Å². The van der Waals surface area contributed by atoms with Gasteiger partial charge in [-0.1, -0.05) is 0 Å². The number of rotatable bonds is 6. The molecule has 1 aliphatic carbocycles. The van der Waals surface area contributed by atoms with Gasteiger partial charge in [0.05, 0.1) is 0 Å². The van der Waals surface area contributed by atoms with E-state index in [1.807, 2.05) is 0 Å². The van der Waals surface area contributed by atoms with Gasteiger partial charge in [0, 0.05) is 24.7 Å². The first-order valence-electron chi connectivity index (χ1n) is 5.95. The summed E-state index contributed by atoms with van der Waals surface area (Å²) >= 11 is 0. The summed E-state index contributed by atoms with van der Waals surface area (Å²) in [7, 11) is 2.18. The van der Waals surface area contributed by atoms with Crippen molar-refractivity contribution in [3.63, 3.8) is 0 Å². The standard InChI is InChI=1S/C11H20N6/c1-8(17(2)9-3-4-9)6-13-10-5-11(16-12)15-7-14-10/h5,7-9H,3-4,6,12H2,1-2H3,(H2,13,14,15,16). The molecule has 1 heterocycles. The van der Waals surface area contributed by atoms with E-state index in [-0.39, 0.29) is 0 Å². The van der Waals surface area contributed by atoms with Crippen LogP contribution in [0, 0.1) is 0 Å². The molecule has 17 heavy (non-hydrogen) atoms. The van der Waals surface area contributed by atoms with Gasteiger partial charge in [-0.2, -0.15) is 0 Å². The highest BCUT2D eigenvalue weighted by atomic mass is 15.3. The van der Waals surface area contributed by atoms with Crippen molar-refractivity contribution in [1.82, 2.24) is 14.9 Å². The lowest BCUT2D eigenvalue weighted by molar-refractivity contribution is 0.257. The van der Waals surface area contributed by atoms with Crippen molar-refractivity contribution in [2.45, 2.75) is 31.8 Å². The van der Waals surface area contributed by atoms with E-state index in [1.165, 1.54) is 19.2 Å². The van der Waals surface area contributed by atoms with E-state index in [1.54, 1.807) is 6.07 Å². The number of anilines is 2. The lowest BCUT2D eigenvalue weighted by atomic mass is 10.3. The highest BCUT2D eigenvalue weighted by Gasteiger charge is 2.28. The Labute approximate surface area is 102 Å². The molecule has 0 aromatic carbocycles. The number of nitrogens with two attached hydrogens (primary N) is 1. The third-order valence-corrected chi connectivity index (χ3v) is 3.21. The van der Waals surface area contributed by atoms with Gasteiger partial charge in [0.2, 0.25) is 0 Å². The van der Waals surface area contributed by atoms with E-state index in [0.717, 1.165) is 18.4 Å². The highest BCUT2D eigenvalue weighted by Crippen LogP contribution is 2.26. The molecule has 0 spiro atoms. The number of hydrazine groups is 1. The van der Waals surface area contributed by atoms with E-state index in [4.69, 9.17) is 5.84 Å². The molecule has 1 fully saturated rings. The molecule has 1 atom stereocenters. The molecule has 0 saturated heterocycles. The van der Waals surface area contributed by atoms with Crippen molar-refractivity contribution in [3.8, 4) is 0 Å². The maximum Gasteiger partial charge on any atom is 0.145 e. The van der Waals surface area contributed by atoms with Gasteiger partial charge in [-0.15, -0.1) is 0 Å². The fourth-order valence-electron chi connectivity index (χ4n) is 1.77. The van der Waals surface area contributed by atoms with Crippen molar-refractivity contribution in [2.75, 3.05) is 24.3 Å². The quantitative estimate of drug-likeness (QED) is 0.497. The number of hydrogen-bond acceptors (Lipinski definition) is 6. The summed E-state index contributed by atoms with van der Waals surface area (Å²) in [4.78, 5) is 10.5. The minimum atomic E-state index is 0.492. The van der Waals surface area contributed by atoms with Crippen LogP contribution < -0.4 is 16.6 Å². The van der Waals surface area contributed by atoms with Crippen LogP contribution in [0.15, 0.2) is 12.4 Å². The molecule has 1 aromatic heterocycles. The van der Waals surface area contributed by atoms with Crippen LogP contribution in [0.25, 0.3) is 0 Å². The zero-order valence-corrected chi connectivity index (χ0v) is 10.3. The van der Waals surface area contributed by atoms with Crippen molar-refractivity contribution < 1.29 is 0 Å². The Bertz CT molecular complexity index is 365. The van der Waals surface area contributed by atoms with E-state index in [9.17, 15) is 0 Å². The normalized spacial score (nSPS) is 16.9. The minimum Gasteiger partial charge on any atom is -0.368 e. The smallest absolute Gasteiger partial charge is 0.145 e. The second-order valence-electron chi connectivity index (χ2n) is 4.56. The molecular weight excluding hydrogens is 216 g/mol. The SMILES string of the molecule is CC(CNc1cc(NN)ncn1)N(C)C1CC1. The summed E-state index contributed by atoms with van der Waals surface area (Å²) in [5, 5.41) is 3.29. The fraction of sp³-hybridized carbons (Fsp3) is 0.636. The molecule has 0 bridgehead atoms. The molecule has 1 aromatic rings. The molecular formula is C11H20N6. The van der Waals surface area contributed by atoms with E-state index in [0.29, 0.717) is 11.9 Å². The Balaban J connectivity index is 1.83. The third-order valence-electron chi connectivity index (χ3n) is 3.21. The number of nitrogen functional groups attached to an aromatic ring is 1. The van der Waals surface area contributed by atoms with Crippen molar-refractivity contribution in [2.24, 2.45) is 5.84 Å². The highest BCUT2D eigenvalue weighted by molar-refractivity contribution is 5.45. The van der Waals surface area contributed by atoms with E-state index < -0.39 is 0 Å². The number of hydrogen-bond donors (Lipinski definition) is 3. The van der Waals surface area contributed by atoms with Crippen molar-refractivity contribution >= 4 is 11.6 Å². The summed E-state index contributed by atoms with van der Waals surface area (Å²) in [6, 6.07) is 3.06. The molecule has 1 aliphatic rings. The fourth-order valence-corrected chi connectivity index (χ4v) is 1.77. The first kappa shape index (κ1) is 12.1. The topological polar surface area (TPSA) is 79.1 Å². The molecule has 94 valence electrons. The lowest BCUT2D eigenvalue weighted by Crippen LogP contribution is -2.36. The summed E-state index contributed by atoms with van der Waals surface area (Å²) < 4.78 is 0. The van der Waals surface area contributed by atoms with Crippen LogP contribution in [0.4, 0.5) is 11.6 Å². The molecule has 2 rings (SSSR count). The van der Waals surface area contributed by atoms with Crippen LogP contribution in [0.3, 0.4) is 0 Å². The summed E-state index contributed by atoms with van der Waals surface area (Å²) in [5.74, 6) is 6.71. The maximum atomic E-state index is 5.29. The Morgan fingerprint density at radius 1 is 1.47 bits per heavy atom. The molecule has 0 amide bonds. The molecule has 6 nitrogen and oxygen atoms in total. The van der Waals surface area contributed by atoms with Crippen LogP contribution in [-0.4, -0.2) is 40.5 Å². The van der Waals surface area contributed by atoms with Crippen LogP contribution in [0.5, 0.6) is 0 Å². The lowest BCUT2D eigenvalue weighted by Gasteiger charge is -2.24. The first-order valence-corrected chi connectivity index (χ1v) is 5.95. The van der Waals surface area contributed by atoms with Gasteiger partial charge >= 0.3 is 0 Å². The van der Waals surface area contributed by atoms with Crippen molar-refractivity contribution in [1.29, 1.82) is 0 Å². The molecule has 1 saturated carbocycles. The average Bonchev–Trinajstić information content (AvgIpc) is 3.19. The monoisotopic (exact) mass is 236 g/mol. The summed E-state index contributed by atoms with van der Waals surface area (Å²) in [6.45, 7) is 3.09. The molecule has 6 heteroatoms. The van der Waals surface area contributed by atoms with Gasteiger partial charge in [-0.25, -0.2) is 15.8 Å². The van der Waals surface area contributed by atoms with Gasteiger partial charge in [-0.05, 0) is 26.8 Å². The van der Waals surface area contributed by atoms with E-state index >= 15 is 0 Å². The predicted octanol–water partition coefficient (Wildman–Crippen LogP) is 0.657. The van der Waals surface area contributed by atoms with Gasteiger partial charge in [0.25, 0.3) is 0 Å². The largest absolute Gasteiger partial charge is 0.368 e. The molecule has 0 aliphatic heterocycles. The molecule has 1 unspecified atom stereocenters. The summed E-state index contributed by atoms with van der Waals surface area (Å²) in [5.41, 5.74) is 2.50. The Morgan fingerprint density at radius 3 is 2.82 bits per heavy atom. The third kappa shape index (κ3) is 3.28.